The van der Waals surface area contributed by atoms with Crippen LogP contribution in [-0.4, -0.2) is 94.1 Å². The van der Waals surface area contributed by atoms with Crippen LogP contribution < -0.4 is 22.5 Å². The van der Waals surface area contributed by atoms with Gasteiger partial charge in [0.2, 0.25) is 5.91 Å². The largest absolute Gasteiger partial charge is 0.354 e. The minimum Gasteiger partial charge on any atom is -0.338 e. The summed E-state index contributed by atoms with van der Waals surface area (Å²) in [4.78, 5) is 47.9. The topological polar surface area (TPSA) is 143 Å². The van der Waals surface area contributed by atoms with Crippen LogP contribution in [0.5, 0.6) is 0 Å². The third-order valence-corrected chi connectivity index (χ3v) is 8.96. The lowest BCUT2D eigenvalue weighted by atomic mass is 10.0. The fourth-order valence-corrected chi connectivity index (χ4v) is 6.14. The maximum atomic E-state index is 12.8. The SMILES string of the molecule is CC(C)[C@H](N)C(=O)N1CCN(C(=O)Nc2ccn(-c3ccc(CC(C)N4C[C@@H]5C(CN)[C@@H]5C4)cc3)c(=O)n2)CC1. The van der Waals surface area contributed by atoms with Crippen molar-refractivity contribution >= 4 is 17.8 Å². The molecule has 11 nitrogen and oxygen atoms in total. The van der Waals surface area contributed by atoms with Gasteiger partial charge in [-0.15, -0.1) is 0 Å². The lowest BCUT2D eigenvalue weighted by Crippen LogP contribution is -2.56. The molecule has 2 aliphatic heterocycles. The van der Waals surface area contributed by atoms with E-state index in [0.29, 0.717) is 32.2 Å². The third kappa shape index (κ3) is 5.91. The molecule has 1 aliphatic carbocycles. The lowest BCUT2D eigenvalue weighted by molar-refractivity contribution is -0.134. The molecule has 2 aromatic rings. The average Bonchev–Trinajstić information content (AvgIpc) is 3.42. The van der Waals surface area contributed by atoms with E-state index in [2.05, 4.69) is 34.3 Å². The third-order valence-electron chi connectivity index (χ3n) is 8.96. The van der Waals surface area contributed by atoms with Gasteiger partial charge in [-0.3, -0.25) is 19.6 Å². The number of piperidine rings is 1. The maximum absolute atomic E-state index is 12.8. The highest BCUT2D eigenvalue weighted by Crippen LogP contribution is 2.51. The summed E-state index contributed by atoms with van der Waals surface area (Å²) in [5.74, 6) is 2.47. The molecule has 1 aromatic carbocycles. The number of nitrogens with two attached hydrogens (primary N) is 2. The van der Waals surface area contributed by atoms with Gasteiger partial charge in [0.25, 0.3) is 0 Å². The van der Waals surface area contributed by atoms with Crippen molar-refractivity contribution in [3.8, 4) is 5.69 Å². The number of benzene rings is 1. The molecule has 216 valence electrons. The zero-order valence-corrected chi connectivity index (χ0v) is 23.7. The van der Waals surface area contributed by atoms with Crippen molar-refractivity contribution < 1.29 is 9.59 Å². The number of hydrogen-bond donors (Lipinski definition) is 3. The second-order valence-corrected chi connectivity index (χ2v) is 11.9. The molecule has 3 aliphatic rings. The van der Waals surface area contributed by atoms with Gasteiger partial charge in [0, 0.05) is 51.5 Å². The number of nitrogens with zero attached hydrogens (tertiary/aromatic N) is 5. The lowest BCUT2D eigenvalue weighted by Gasteiger charge is -2.36. The van der Waals surface area contributed by atoms with Gasteiger partial charge in [-0.25, -0.2) is 9.59 Å². The first kappa shape index (κ1) is 28.3. The normalized spacial score (nSPS) is 24.1. The number of carbonyl (C=O) groups is 2. The first-order chi connectivity index (χ1) is 19.2. The van der Waals surface area contributed by atoms with E-state index in [0.717, 1.165) is 49.5 Å². The molecule has 5 rings (SSSR count). The Labute approximate surface area is 235 Å². The molecule has 0 spiro atoms. The Balaban J connectivity index is 1.12. The Bertz CT molecular complexity index is 1260. The number of piperazine rings is 1. The summed E-state index contributed by atoms with van der Waals surface area (Å²) in [6, 6.07) is 9.17. The van der Waals surface area contributed by atoms with E-state index >= 15 is 0 Å². The predicted molar refractivity (Wildman–Crippen MR) is 154 cm³/mol. The number of rotatable bonds is 8. The molecule has 11 heteroatoms. The minimum atomic E-state index is -0.541. The number of likely N-dealkylation sites (tertiary alicyclic amines) is 1. The smallest absolute Gasteiger partial charge is 0.338 e. The monoisotopic (exact) mass is 550 g/mol. The number of nitrogens with one attached hydrogen (secondary N) is 1. The average molecular weight is 551 g/mol. The standard InChI is InChI=1S/C29H42N8O3/c1-18(2)26(31)27(38)34-10-12-35(13-11-34)28(39)32-25-8-9-37(29(40)33-25)21-6-4-20(5-7-21)14-19(3)36-16-23-22(15-30)24(23)17-36/h4-9,18-19,22-24,26H,10-17,30-31H2,1-3H3,(H,32,33,39,40)/t19?,22?,23-,24+,26-/m0/s1. The van der Waals surface area contributed by atoms with Crippen LogP contribution in [0, 0.1) is 23.7 Å². The number of anilines is 1. The van der Waals surface area contributed by atoms with E-state index in [-0.39, 0.29) is 23.7 Å². The van der Waals surface area contributed by atoms with E-state index in [1.165, 1.54) is 10.1 Å². The summed E-state index contributed by atoms with van der Waals surface area (Å²) >= 11 is 0. The molecule has 5 N–H and O–H groups in total. The first-order valence-electron chi connectivity index (χ1n) is 14.4. The molecule has 40 heavy (non-hydrogen) atoms. The summed E-state index contributed by atoms with van der Waals surface area (Å²) in [6.45, 7) is 10.8. The summed E-state index contributed by atoms with van der Waals surface area (Å²) in [6.07, 6.45) is 2.58. The summed E-state index contributed by atoms with van der Waals surface area (Å²) in [5.41, 5.74) is 13.3. The molecule has 1 aromatic heterocycles. The van der Waals surface area contributed by atoms with Gasteiger partial charge in [0.15, 0.2) is 0 Å². The second kappa shape index (κ2) is 11.7. The molecule has 2 saturated heterocycles. The van der Waals surface area contributed by atoms with E-state index < -0.39 is 11.7 Å². The van der Waals surface area contributed by atoms with Crippen LogP contribution in [0.3, 0.4) is 0 Å². The zero-order chi connectivity index (χ0) is 28.6. The number of amides is 3. The van der Waals surface area contributed by atoms with Gasteiger partial charge < -0.3 is 21.3 Å². The number of fused-ring (bicyclic) bond motifs is 1. The number of hydrogen-bond acceptors (Lipinski definition) is 7. The van der Waals surface area contributed by atoms with Crippen molar-refractivity contribution in [3.05, 3.63) is 52.6 Å². The maximum Gasteiger partial charge on any atom is 0.354 e. The van der Waals surface area contributed by atoms with Crippen molar-refractivity contribution in [2.24, 2.45) is 35.1 Å². The van der Waals surface area contributed by atoms with Gasteiger partial charge in [-0.05, 0) is 67.3 Å². The quantitative estimate of drug-likeness (QED) is 0.444. The Morgan fingerprint density at radius 1 is 1.00 bits per heavy atom. The molecular weight excluding hydrogens is 508 g/mol. The van der Waals surface area contributed by atoms with Crippen LogP contribution in [0.4, 0.5) is 10.6 Å². The summed E-state index contributed by atoms with van der Waals surface area (Å²) in [7, 11) is 0. The molecule has 3 heterocycles. The van der Waals surface area contributed by atoms with Gasteiger partial charge in [-0.2, -0.15) is 4.98 Å². The van der Waals surface area contributed by atoms with Crippen molar-refractivity contribution in [3.63, 3.8) is 0 Å². The minimum absolute atomic E-state index is 0.0549. The highest BCUT2D eigenvalue weighted by atomic mass is 16.2. The summed E-state index contributed by atoms with van der Waals surface area (Å²) < 4.78 is 1.46. The van der Waals surface area contributed by atoms with E-state index in [1.807, 2.05) is 26.0 Å². The molecule has 2 unspecified atom stereocenters. The van der Waals surface area contributed by atoms with Crippen molar-refractivity contribution in [1.29, 1.82) is 0 Å². The van der Waals surface area contributed by atoms with Crippen molar-refractivity contribution in [2.45, 2.75) is 39.3 Å². The van der Waals surface area contributed by atoms with Gasteiger partial charge in [0.05, 0.1) is 11.7 Å². The van der Waals surface area contributed by atoms with Crippen LogP contribution in [0.15, 0.2) is 41.3 Å². The number of aromatic nitrogens is 2. The second-order valence-electron chi connectivity index (χ2n) is 11.9. The molecule has 0 bridgehead atoms. The van der Waals surface area contributed by atoms with Gasteiger partial charge in [0.1, 0.15) is 5.82 Å². The van der Waals surface area contributed by atoms with Crippen LogP contribution in [0.1, 0.15) is 26.3 Å². The van der Waals surface area contributed by atoms with Crippen molar-refractivity contribution in [2.75, 3.05) is 51.1 Å². The van der Waals surface area contributed by atoms with E-state index in [9.17, 15) is 14.4 Å². The zero-order valence-electron chi connectivity index (χ0n) is 23.7. The van der Waals surface area contributed by atoms with Gasteiger partial charge in [-0.1, -0.05) is 26.0 Å². The molecular formula is C29H42N8O3. The number of urea groups is 1. The van der Waals surface area contributed by atoms with E-state index in [4.69, 9.17) is 11.5 Å². The molecule has 3 fully saturated rings. The highest BCUT2D eigenvalue weighted by molar-refractivity contribution is 5.88. The van der Waals surface area contributed by atoms with Gasteiger partial charge >= 0.3 is 11.7 Å². The molecule has 1 saturated carbocycles. The van der Waals surface area contributed by atoms with Crippen LogP contribution in [-0.2, 0) is 11.2 Å². The number of carbonyl (C=O) groups excluding carboxylic acids is 2. The Kier molecular flexibility index (Phi) is 8.25. The van der Waals surface area contributed by atoms with Crippen molar-refractivity contribution in [1.82, 2.24) is 24.3 Å². The predicted octanol–water partition coefficient (Wildman–Crippen LogP) is 0.959. The fraction of sp³-hybridized carbons (Fsp3) is 0.586. The Morgan fingerprint density at radius 2 is 1.62 bits per heavy atom. The van der Waals surface area contributed by atoms with E-state index in [1.54, 1.807) is 22.1 Å². The Hall–Kier alpha value is -3.28. The molecule has 5 atom stereocenters. The van der Waals surface area contributed by atoms with Crippen LogP contribution in [0.25, 0.3) is 5.69 Å². The molecule has 0 radical (unpaired) electrons. The first-order valence-corrected chi connectivity index (χ1v) is 14.4. The van der Waals surface area contributed by atoms with Crippen LogP contribution in [0.2, 0.25) is 0 Å². The molecule has 3 amide bonds. The summed E-state index contributed by atoms with van der Waals surface area (Å²) in [5, 5.41) is 2.71. The fourth-order valence-electron chi connectivity index (χ4n) is 6.14. The Morgan fingerprint density at radius 3 is 2.20 bits per heavy atom. The highest BCUT2D eigenvalue weighted by Gasteiger charge is 2.55. The van der Waals surface area contributed by atoms with Crippen LogP contribution >= 0.6 is 0 Å².